The van der Waals surface area contributed by atoms with Crippen molar-refractivity contribution in [1.82, 2.24) is 5.32 Å². The van der Waals surface area contributed by atoms with Crippen LogP contribution < -0.4 is 5.32 Å². The van der Waals surface area contributed by atoms with Gasteiger partial charge in [0.2, 0.25) is 0 Å². The van der Waals surface area contributed by atoms with Crippen molar-refractivity contribution in [2.75, 3.05) is 20.8 Å². The Bertz CT molecular complexity index is 109. The van der Waals surface area contributed by atoms with Crippen LogP contribution in [0, 0.1) is 0 Å². The number of methoxy groups -OCH3 is 2. The number of hydrogen-bond donors (Lipinski definition) is 1. The second kappa shape index (κ2) is 6.40. The highest BCUT2D eigenvalue weighted by atomic mass is 16.5. The third kappa shape index (κ3) is 4.70. The highest BCUT2D eigenvalue weighted by Gasteiger charge is 2.12. The van der Waals surface area contributed by atoms with Crippen LogP contribution in [0.15, 0.2) is 0 Å². The van der Waals surface area contributed by atoms with E-state index in [4.69, 9.17) is 9.47 Å². The van der Waals surface area contributed by atoms with Crippen molar-refractivity contribution in [2.45, 2.75) is 39.0 Å². The quantitative estimate of drug-likeness (QED) is 0.654. The Hall–Kier alpha value is -0.120. The molecule has 1 N–H and O–H groups in total. The zero-order valence-electron chi connectivity index (χ0n) is 8.76. The number of nitrogens with one attached hydrogen (secondary N) is 1. The van der Waals surface area contributed by atoms with Crippen molar-refractivity contribution < 1.29 is 9.47 Å². The van der Waals surface area contributed by atoms with Crippen LogP contribution in [0.2, 0.25) is 0 Å². The lowest BCUT2D eigenvalue weighted by Gasteiger charge is -2.23. The van der Waals surface area contributed by atoms with Gasteiger partial charge in [-0.25, -0.2) is 0 Å². The Kier molecular flexibility index (Phi) is 6.34. The third-order valence-corrected chi connectivity index (χ3v) is 2.04. The molecule has 0 bridgehead atoms. The fraction of sp³-hybridized carbons (Fsp3) is 1.00. The Balaban J connectivity index is 3.59. The van der Waals surface area contributed by atoms with Crippen LogP contribution in [0.4, 0.5) is 0 Å². The maximum atomic E-state index is 5.19. The molecule has 0 heterocycles. The monoisotopic (exact) mass is 175 g/mol. The van der Waals surface area contributed by atoms with Crippen molar-refractivity contribution in [1.29, 1.82) is 0 Å². The molecule has 3 nitrogen and oxygen atoms in total. The summed E-state index contributed by atoms with van der Waals surface area (Å²) in [7, 11) is 3.44. The summed E-state index contributed by atoms with van der Waals surface area (Å²) >= 11 is 0. The fourth-order valence-electron chi connectivity index (χ4n) is 1.09. The Labute approximate surface area is 75.4 Å². The molecule has 0 aromatic carbocycles. The van der Waals surface area contributed by atoms with E-state index in [1.807, 2.05) is 0 Å². The molecule has 3 unspecified atom stereocenters. The molecule has 0 saturated heterocycles. The summed E-state index contributed by atoms with van der Waals surface area (Å²) in [5.41, 5.74) is 0. The highest BCUT2D eigenvalue weighted by Crippen LogP contribution is 1.97. The zero-order chi connectivity index (χ0) is 9.56. The van der Waals surface area contributed by atoms with Crippen LogP contribution >= 0.6 is 0 Å². The highest BCUT2D eigenvalue weighted by molar-refractivity contribution is 4.71. The van der Waals surface area contributed by atoms with Crippen LogP contribution in [-0.4, -0.2) is 39.0 Å². The molecule has 0 aromatic rings. The third-order valence-electron chi connectivity index (χ3n) is 2.04. The lowest BCUT2D eigenvalue weighted by atomic mass is 10.2. The fourth-order valence-corrected chi connectivity index (χ4v) is 1.09. The predicted molar refractivity (Wildman–Crippen MR) is 50.4 cm³/mol. The molecule has 0 fully saturated rings. The van der Waals surface area contributed by atoms with Gasteiger partial charge in [-0.1, -0.05) is 0 Å². The van der Waals surface area contributed by atoms with Gasteiger partial charge in [0.05, 0.1) is 12.7 Å². The Morgan fingerprint density at radius 2 is 1.75 bits per heavy atom. The summed E-state index contributed by atoms with van der Waals surface area (Å²) in [5, 5.41) is 3.38. The van der Waals surface area contributed by atoms with Crippen molar-refractivity contribution in [2.24, 2.45) is 0 Å². The van der Waals surface area contributed by atoms with E-state index in [2.05, 4.69) is 26.1 Å². The molecule has 3 heteroatoms. The van der Waals surface area contributed by atoms with Crippen LogP contribution in [0.1, 0.15) is 20.8 Å². The predicted octanol–water partition coefficient (Wildman–Crippen LogP) is 1.03. The maximum Gasteiger partial charge on any atom is 0.0693 e. The maximum absolute atomic E-state index is 5.19. The average Bonchev–Trinajstić information content (AvgIpc) is 2.03. The molecule has 0 radical (unpaired) electrons. The average molecular weight is 175 g/mol. The lowest BCUT2D eigenvalue weighted by Crippen LogP contribution is -2.43. The van der Waals surface area contributed by atoms with Gasteiger partial charge in [0.15, 0.2) is 0 Å². The van der Waals surface area contributed by atoms with Crippen LogP contribution in [-0.2, 0) is 9.47 Å². The molecule has 0 aromatic heterocycles. The summed E-state index contributed by atoms with van der Waals surface area (Å²) in [6.45, 7) is 7.00. The van der Waals surface area contributed by atoms with E-state index < -0.39 is 0 Å². The van der Waals surface area contributed by atoms with Crippen LogP contribution in [0.3, 0.4) is 0 Å². The minimum absolute atomic E-state index is 0.240. The van der Waals surface area contributed by atoms with Crippen molar-refractivity contribution in [3.05, 3.63) is 0 Å². The summed E-state index contributed by atoms with van der Waals surface area (Å²) < 4.78 is 10.2. The van der Waals surface area contributed by atoms with E-state index in [-0.39, 0.29) is 6.10 Å². The van der Waals surface area contributed by atoms with Gasteiger partial charge < -0.3 is 14.8 Å². The molecule has 0 rings (SSSR count). The molecular weight excluding hydrogens is 154 g/mol. The second-order valence-electron chi connectivity index (χ2n) is 3.25. The SMILES string of the molecule is COCC(C)NC(C)C(C)OC. The Morgan fingerprint density at radius 1 is 1.17 bits per heavy atom. The number of ether oxygens (including phenoxy) is 2. The minimum atomic E-state index is 0.240. The molecule has 12 heavy (non-hydrogen) atoms. The molecule has 0 aliphatic rings. The standard InChI is InChI=1S/C9H21NO2/c1-7(6-11-4)10-8(2)9(3)12-5/h7-10H,6H2,1-5H3. The van der Waals surface area contributed by atoms with Crippen LogP contribution in [0.25, 0.3) is 0 Å². The van der Waals surface area contributed by atoms with E-state index >= 15 is 0 Å². The van der Waals surface area contributed by atoms with Gasteiger partial charge >= 0.3 is 0 Å². The topological polar surface area (TPSA) is 30.5 Å². The van der Waals surface area contributed by atoms with Crippen molar-refractivity contribution in [3.63, 3.8) is 0 Å². The van der Waals surface area contributed by atoms with Crippen molar-refractivity contribution in [3.8, 4) is 0 Å². The van der Waals surface area contributed by atoms with E-state index in [0.717, 1.165) is 6.61 Å². The van der Waals surface area contributed by atoms with Gasteiger partial charge in [-0.05, 0) is 20.8 Å². The van der Waals surface area contributed by atoms with E-state index in [0.29, 0.717) is 12.1 Å². The van der Waals surface area contributed by atoms with Crippen molar-refractivity contribution >= 4 is 0 Å². The summed E-state index contributed by atoms with van der Waals surface area (Å²) in [6, 6.07) is 0.739. The number of rotatable bonds is 6. The number of hydrogen-bond acceptors (Lipinski definition) is 3. The normalized spacial score (nSPS) is 18.8. The summed E-state index contributed by atoms with van der Waals surface area (Å²) in [4.78, 5) is 0. The smallest absolute Gasteiger partial charge is 0.0693 e. The first-order chi connectivity index (χ1) is 5.61. The molecular formula is C9H21NO2. The summed E-state index contributed by atoms with van der Waals surface area (Å²) in [6.07, 6.45) is 0.240. The van der Waals surface area contributed by atoms with E-state index in [1.54, 1.807) is 14.2 Å². The van der Waals surface area contributed by atoms with Gasteiger partial charge in [0.1, 0.15) is 0 Å². The Morgan fingerprint density at radius 3 is 2.17 bits per heavy atom. The molecule has 0 spiro atoms. The molecule has 0 amide bonds. The van der Waals surface area contributed by atoms with E-state index in [1.165, 1.54) is 0 Å². The first-order valence-electron chi connectivity index (χ1n) is 4.39. The molecule has 0 aliphatic heterocycles. The summed E-state index contributed by atoms with van der Waals surface area (Å²) in [5.74, 6) is 0. The zero-order valence-corrected chi connectivity index (χ0v) is 8.76. The van der Waals surface area contributed by atoms with Gasteiger partial charge in [-0.15, -0.1) is 0 Å². The molecule has 74 valence electrons. The molecule has 0 saturated carbocycles. The molecule has 3 atom stereocenters. The first-order valence-corrected chi connectivity index (χ1v) is 4.39. The van der Waals surface area contributed by atoms with Gasteiger partial charge in [0, 0.05) is 26.3 Å². The molecule has 0 aliphatic carbocycles. The second-order valence-corrected chi connectivity index (χ2v) is 3.25. The largest absolute Gasteiger partial charge is 0.383 e. The first kappa shape index (κ1) is 11.9. The minimum Gasteiger partial charge on any atom is -0.383 e. The van der Waals surface area contributed by atoms with Gasteiger partial charge in [0.25, 0.3) is 0 Å². The van der Waals surface area contributed by atoms with Gasteiger partial charge in [-0.3, -0.25) is 0 Å². The van der Waals surface area contributed by atoms with Gasteiger partial charge in [-0.2, -0.15) is 0 Å². The lowest BCUT2D eigenvalue weighted by molar-refractivity contribution is 0.0774. The van der Waals surface area contributed by atoms with E-state index in [9.17, 15) is 0 Å². The van der Waals surface area contributed by atoms with Crippen LogP contribution in [0.5, 0.6) is 0 Å².